The van der Waals surface area contributed by atoms with Gasteiger partial charge in [0.1, 0.15) is 5.54 Å². The number of hydrogen-bond donors (Lipinski definition) is 1. The van der Waals surface area contributed by atoms with Gasteiger partial charge in [-0.05, 0) is 72.6 Å². The second-order valence-electron chi connectivity index (χ2n) is 7.11. The SMILES string of the molecule is CC(C)NC(C#N)(CN(C)C1CCN(C)CC1)C1CC1. The van der Waals surface area contributed by atoms with Gasteiger partial charge in [0.25, 0.3) is 0 Å². The van der Waals surface area contributed by atoms with E-state index in [0.717, 1.165) is 6.54 Å². The average Bonchev–Trinajstić information content (AvgIpc) is 3.22. The Morgan fingerprint density at radius 1 is 1.30 bits per heavy atom. The van der Waals surface area contributed by atoms with Crippen molar-refractivity contribution >= 4 is 0 Å². The fraction of sp³-hybridized carbons (Fsp3) is 0.938. The van der Waals surface area contributed by atoms with Gasteiger partial charge >= 0.3 is 0 Å². The van der Waals surface area contributed by atoms with Crippen LogP contribution in [0.3, 0.4) is 0 Å². The average molecular weight is 278 g/mol. The van der Waals surface area contributed by atoms with Crippen molar-refractivity contribution in [3.63, 3.8) is 0 Å². The molecule has 1 aliphatic heterocycles. The molecular weight excluding hydrogens is 248 g/mol. The van der Waals surface area contributed by atoms with Crippen LogP contribution in [0, 0.1) is 17.2 Å². The molecule has 1 heterocycles. The fourth-order valence-electron chi connectivity index (χ4n) is 3.50. The number of piperidine rings is 1. The summed E-state index contributed by atoms with van der Waals surface area (Å²) in [5.74, 6) is 0.545. The lowest BCUT2D eigenvalue weighted by Crippen LogP contribution is -2.58. The van der Waals surface area contributed by atoms with Crippen molar-refractivity contribution in [1.29, 1.82) is 5.26 Å². The van der Waals surface area contributed by atoms with Gasteiger partial charge in [-0.2, -0.15) is 5.26 Å². The molecule has 114 valence electrons. The normalized spacial score (nSPS) is 24.9. The number of likely N-dealkylation sites (N-methyl/N-ethyl adjacent to an activating group) is 1. The third-order valence-corrected chi connectivity index (χ3v) is 4.83. The zero-order valence-electron chi connectivity index (χ0n) is 13.5. The van der Waals surface area contributed by atoms with Crippen molar-refractivity contribution in [2.75, 3.05) is 33.7 Å². The number of hydrogen-bond acceptors (Lipinski definition) is 4. The van der Waals surface area contributed by atoms with E-state index in [4.69, 9.17) is 0 Å². The molecule has 1 saturated carbocycles. The van der Waals surface area contributed by atoms with Gasteiger partial charge in [-0.25, -0.2) is 0 Å². The van der Waals surface area contributed by atoms with Crippen molar-refractivity contribution in [3.05, 3.63) is 0 Å². The molecule has 0 spiro atoms. The van der Waals surface area contributed by atoms with E-state index in [1.165, 1.54) is 38.8 Å². The molecule has 1 N–H and O–H groups in total. The van der Waals surface area contributed by atoms with Crippen LogP contribution in [0.25, 0.3) is 0 Å². The summed E-state index contributed by atoms with van der Waals surface area (Å²) in [6.45, 7) is 7.50. The first-order valence-electron chi connectivity index (χ1n) is 8.04. The highest BCUT2D eigenvalue weighted by molar-refractivity contribution is 5.17. The molecule has 0 aromatic rings. The molecule has 0 radical (unpaired) electrons. The maximum Gasteiger partial charge on any atom is 0.122 e. The third-order valence-electron chi connectivity index (χ3n) is 4.83. The van der Waals surface area contributed by atoms with Gasteiger partial charge in [0.15, 0.2) is 0 Å². The summed E-state index contributed by atoms with van der Waals surface area (Å²) in [5, 5.41) is 13.3. The number of likely N-dealkylation sites (tertiary alicyclic amines) is 1. The highest BCUT2D eigenvalue weighted by Crippen LogP contribution is 2.40. The first kappa shape index (κ1) is 15.8. The van der Waals surface area contributed by atoms with Crippen molar-refractivity contribution in [2.24, 2.45) is 5.92 Å². The Bertz CT molecular complexity index is 350. The Hall–Kier alpha value is -0.630. The van der Waals surface area contributed by atoms with Crippen LogP contribution in [0.15, 0.2) is 0 Å². The van der Waals surface area contributed by atoms with Crippen LogP contribution in [0.1, 0.15) is 39.5 Å². The van der Waals surface area contributed by atoms with E-state index in [1.807, 2.05) is 0 Å². The van der Waals surface area contributed by atoms with Crippen LogP contribution in [0.2, 0.25) is 0 Å². The Labute approximate surface area is 124 Å². The molecule has 1 atom stereocenters. The van der Waals surface area contributed by atoms with E-state index in [-0.39, 0.29) is 5.54 Å². The summed E-state index contributed by atoms with van der Waals surface area (Å²) in [5.41, 5.74) is -0.341. The molecule has 1 aliphatic carbocycles. The van der Waals surface area contributed by atoms with E-state index in [2.05, 4.69) is 49.1 Å². The van der Waals surface area contributed by atoms with Crippen molar-refractivity contribution < 1.29 is 0 Å². The standard InChI is InChI=1S/C16H30N4/c1-13(2)18-16(11-17,14-5-6-14)12-20(4)15-7-9-19(3)10-8-15/h13-15,18H,5-10,12H2,1-4H3. The molecular formula is C16H30N4. The Morgan fingerprint density at radius 2 is 1.90 bits per heavy atom. The highest BCUT2D eigenvalue weighted by Gasteiger charge is 2.47. The number of nitrogens with one attached hydrogen (secondary N) is 1. The van der Waals surface area contributed by atoms with Crippen LogP contribution >= 0.6 is 0 Å². The van der Waals surface area contributed by atoms with Gasteiger partial charge in [0.2, 0.25) is 0 Å². The van der Waals surface area contributed by atoms with E-state index in [9.17, 15) is 5.26 Å². The molecule has 4 heteroatoms. The smallest absolute Gasteiger partial charge is 0.122 e. The molecule has 2 aliphatic rings. The minimum absolute atomic E-state index is 0.341. The topological polar surface area (TPSA) is 42.3 Å². The van der Waals surface area contributed by atoms with Crippen LogP contribution in [-0.4, -0.2) is 61.2 Å². The van der Waals surface area contributed by atoms with E-state index in [1.54, 1.807) is 0 Å². The van der Waals surface area contributed by atoms with Crippen molar-refractivity contribution in [3.8, 4) is 6.07 Å². The Kier molecular flexibility index (Phi) is 5.06. The van der Waals surface area contributed by atoms with Crippen molar-refractivity contribution in [2.45, 2.75) is 57.2 Å². The summed E-state index contributed by atoms with van der Waals surface area (Å²) in [6.07, 6.45) is 4.85. The van der Waals surface area contributed by atoms with Crippen LogP contribution in [-0.2, 0) is 0 Å². The zero-order chi connectivity index (χ0) is 14.8. The van der Waals surface area contributed by atoms with Crippen molar-refractivity contribution in [1.82, 2.24) is 15.1 Å². The number of nitrogens with zero attached hydrogens (tertiary/aromatic N) is 3. The second kappa shape index (κ2) is 6.43. The predicted molar refractivity (Wildman–Crippen MR) is 82.5 cm³/mol. The monoisotopic (exact) mass is 278 g/mol. The number of rotatable bonds is 6. The lowest BCUT2D eigenvalue weighted by atomic mass is 9.91. The quantitative estimate of drug-likeness (QED) is 0.803. The summed E-state index contributed by atoms with van der Waals surface area (Å²) >= 11 is 0. The minimum atomic E-state index is -0.341. The van der Waals surface area contributed by atoms with Gasteiger partial charge in [-0.15, -0.1) is 0 Å². The maximum atomic E-state index is 9.78. The molecule has 0 bridgehead atoms. The van der Waals surface area contributed by atoms with Gasteiger partial charge in [0.05, 0.1) is 6.07 Å². The van der Waals surface area contributed by atoms with Gasteiger partial charge in [0, 0.05) is 18.6 Å². The molecule has 2 fully saturated rings. The highest BCUT2D eigenvalue weighted by atomic mass is 15.2. The van der Waals surface area contributed by atoms with Gasteiger partial charge < -0.3 is 9.80 Å². The largest absolute Gasteiger partial charge is 0.306 e. The summed E-state index contributed by atoms with van der Waals surface area (Å²) in [7, 11) is 4.40. The molecule has 4 nitrogen and oxygen atoms in total. The third kappa shape index (κ3) is 3.72. The van der Waals surface area contributed by atoms with Gasteiger partial charge in [-0.1, -0.05) is 0 Å². The molecule has 2 rings (SSSR count). The van der Waals surface area contributed by atoms with Gasteiger partial charge in [-0.3, -0.25) is 5.32 Å². The summed E-state index contributed by atoms with van der Waals surface area (Å²) in [4.78, 5) is 4.83. The van der Waals surface area contributed by atoms with Crippen LogP contribution in [0.4, 0.5) is 0 Å². The van der Waals surface area contributed by atoms with E-state index >= 15 is 0 Å². The molecule has 0 aromatic heterocycles. The zero-order valence-corrected chi connectivity index (χ0v) is 13.5. The molecule has 0 amide bonds. The summed E-state index contributed by atoms with van der Waals surface area (Å²) < 4.78 is 0. The summed E-state index contributed by atoms with van der Waals surface area (Å²) in [6, 6.07) is 3.62. The molecule has 1 unspecified atom stereocenters. The number of nitriles is 1. The lowest BCUT2D eigenvalue weighted by Gasteiger charge is -2.40. The fourth-order valence-corrected chi connectivity index (χ4v) is 3.50. The maximum absolute atomic E-state index is 9.78. The minimum Gasteiger partial charge on any atom is -0.306 e. The Balaban J connectivity index is 1.98. The first-order chi connectivity index (χ1) is 9.47. The predicted octanol–water partition coefficient (Wildman–Crippen LogP) is 1.68. The molecule has 0 aromatic carbocycles. The molecule has 20 heavy (non-hydrogen) atoms. The van der Waals surface area contributed by atoms with Crippen LogP contribution in [0.5, 0.6) is 0 Å². The van der Waals surface area contributed by atoms with Crippen LogP contribution < -0.4 is 5.32 Å². The lowest BCUT2D eigenvalue weighted by molar-refractivity contribution is 0.115. The first-order valence-corrected chi connectivity index (χ1v) is 8.04. The molecule has 1 saturated heterocycles. The van der Waals surface area contributed by atoms with E-state index in [0.29, 0.717) is 18.0 Å². The van der Waals surface area contributed by atoms with E-state index < -0.39 is 0 Å². The second-order valence-corrected chi connectivity index (χ2v) is 7.11. The Morgan fingerprint density at radius 3 is 2.35 bits per heavy atom.